The van der Waals surface area contributed by atoms with Crippen LogP contribution in [-0.4, -0.2) is 22.1 Å². The van der Waals surface area contributed by atoms with Crippen LogP contribution in [0.15, 0.2) is 0 Å². The zero-order chi connectivity index (χ0) is 15.2. The van der Waals surface area contributed by atoms with Crippen molar-refractivity contribution < 1.29 is 4.79 Å². The molecule has 0 atom stereocenters. The standard InChI is InChI=1S/C16H28N4O/c1-3-5-11-7-9-12(10-8-11)18-16(21)15-14(17)13(6-4-2)19-20-15/h11-12H,3-10,17H2,1-2H3,(H,18,21)(H,19,20). The van der Waals surface area contributed by atoms with Gasteiger partial charge >= 0.3 is 0 Å². The van der Waals surface area contributed by atoms with Crippen molar-refractivity contribution in [2.45, 2.75) is 71.3 Å². The second-order valence-corrected chi connectivity index (χ2v) is 6.19. The fourth-order valence-electron chi connectivity index (χ4n) is 3.26. The second kappa shape index (κ2) is 7.48. The number of nitrogens with one attached hydrogen (secondary N) is 2. The van der Waals surface area contributed by atoms with E-state index in [1.54, 1.807) is 0 Å². The number of carbonyl (C=O) groups excluding carboxylic acids is 1. The fraction of sp³-hybridized carbons (Fsp3) is 0.750. The summed E-state index contributed by atoms with van der Waals surface area (Å²) in [7, 11) is 0. The van der Waals surface area contributed by atoms with Crippen LogP contribution in [-0.2, 0) is 6.42 Å². The minimum Gasteiger partial charge on any atom is -0.395 e. The quantitative estimate of drug-likeness (QED) is 0.753. The van der Waals surface area contributed by atoms with Gasteiger partial charge in [0.1, 0.15) is 0 Å². The van der Waals surface area contributed by atoms with E-state index in [0.29, 0.717) is 11.4 Å². The van der Waals surface area contributed by atoms with E-state index in [4.69, 9.17) is 5.73 Å². The Balaban J connectivity index is 1.87. The van der Waals surface area contributed by atoms with Gasteiger partial charge in [-0.3, -0.25) is 9.89 Å². The highest BCUT2D eigenvalue weighted by atomic mass is 16.2. The third-order valence-electron chi connectivity index (χ3n) is 4.48. The minimum atomic E-state index is -0.134. The van der Waals surface area contributed by atoms with Crippen molar-refractivity contribution in [3.05, 3.63) is 11.4 Å². The highest BCUT2D eigenvalue weighted by molar-refractivity contribution is 5.97. The average Bonchev–Trinajstić information content (AvgIpc) is 2.83. The van der Waals surface area contributed by atoms with E-state index in [-0.39, 0.29) is 11.9 Å². The summed E-state index contributed by atoms with van der Waals surface area (Å²) >= 11 is 0. The van der Waals surface area contributed by atoms with Gasteiger partial charge in [0.05, 0.1) is 11.4 Å². The van der Waals surface area contributed by atoms with Crippen molar-refractivity contribution in [2.75, 3.05) is 5.73 Å². The van der Waals surface area contributed by atoms with E-state index in [9.17, 15) is 4.79 Å². The van der Waals surface area contributed by atoms with Gasteiger partial charge in [0.15, 0.2) is 5.69 Å². The zero-order valence-corrected chi connectivity index (χ0v) is 13.2. The first-order valence-corrected chi connectivity index (χ1v) is 8.29. The van der Waals surface area contributed by atoms with E-state index in [1.807, 2.05) is 0 Å². The molecule has 0 saturated heterocycles. The molecule has 1 aromatic rings. The normalized spacial score (nSPS) is 22.2. The van der Waals surface area contributed by atoms with Gasteiger partial charge < -0.3 is 11.1 Å². The van der Waals surface area contributed by atoms with Crippen LogP contribution in [0.5, 0.6) is 0 Å². The number of carbonyl (C=O) groups is 1. The Hall–Kier alpha value is -1.52. The molecule has 1 aliphatic carbocycles. The summed E-state index contributed by atoms with van der Waals surface area (Å²) in [6, 6.07) is 0.274. The van der Waals surface area contributed by atoms with Gasteiger partial charge in [-0.25, -0.2) is 0 Å². The zero-order valence-electron chi connectivity index (χ0n) is 13.2. The molecule has 1 saturated carbocycles. The van der Waals surface area contributed by atoms with Gasteiger partial charge in [-0.05, 0) is 38.0 Å². The number of nitrogens with two attached hydrogens (primary N) is 1. The number of amides is 1. The smallest absolute Gasteiger partial charge is 0.274 e. The number of anilines is 1. The molecule has 5 nitrogen and oxygen atoms in total. The Bertz CT molecular complexity index is 461. The van der Waals surface area contributed by atoms with Crippen LogP contribution in [0.2, 0.25) is 0 Å². The van der Waals surface area contributed by atoms with Crippen LogP contribution in [0.3, 0.4) is 0 Å². The van der Waals surface area contributed by atoms with Crippen molar-refractivity contribution in [1.29, 1.82) is 0 Å². The molecule has 0 aromatic carbocycles. The van der Waals surface area contributed by atoms with Gasteiger partial charge in [-0.1, -0.05) is 33.1 Å². The van der Waals surface area contributed by atoms with E-state index in [2.05, 4.69) is 29.4 Å². The predicted octanol–water partition coefficient (Wildman–Crippen LogP) is 3.03. The third-order valence-corrected chi connectivity index (χ3v) is 4.48. The van der Waals surface area contributed by atoms with Crippen LogP contribution in [0, 0.1) is 5.92 Å². The Morgan fingerprint density at radius 2 is 2.00 bits per heavy atom. The Kier molecular flexibility index (Phi) is 5.65. The second-order valence-electron chi connectivity index (χ2n) is 6.19. The van der Waals surface area contributed by atoms with Crippen molar-refractivity contribution in [1.82, 2.24) is 15.5 Å². The lowest BCUT2D eigenvalue weighted by molar-refractivity contribution is 0.0917. The molecule has 1 fully saturated rings. The summed E-state index contributed by atoms with van der Waals surface area (Å²) in [6.45, 7) is 4.32. The van der Waals surface area contributed by atoms with E-state index in [0.717, 1.165) is 37.3 Å². The molecule has 2 rings (SSSR count). The fourth-order valence-corrected chi connectivity index (χ4v) is 3.26. The SMILES string of the molecule is CCCc1[nH]nc(C(=O)NC2CCC(CCC)CC2)c1N. The van der Waals surface area contributed by atoms with Crippen molar-refractivity contribution >= 4 is 11.6 Å². The average molecular weight is 292 g/mol. The number of rotatable bonds is 6. The van der Waals surface area contributed by atoms with Crippen LogP contribution in [0.4, 0.5) is 5.69 Å². The van der Waals surface area contributed by atoms with Gasteiger partial charge in [-0.2, -0.15) is 5.10 Å². The molecule has 0 unspecified atom stereocenters. The Morgan fingerprint density at radius 1 is 1.29 bits per heavy atom. The molecule has 1 aromatic heterocycles. The number of hydrogen-bond acceptors (Lipinski definition) is 3. The molecule has 21 heavy (non-hydrogen) atoms. The molecule has 0 spiro atoms. The third kappa shape index (κ3) is 3.99. The number of aromatic nitrogens is 2. The first-order valence-electron chi connectivity index (χ1n) is 8.29. The highest BCUT2D eigenvalue weighted by Gasteiger charge is 2.24. The first-order chi connectivity index (χ1) is 10.2. The summed E-state index contributed by atoms with van der Waals surface area (Å²) in [5, 5.41) is 10.1. The van der Waals surface area contributed by atoms with E-state index in [1.165, 1.54) is 25.7 Å². The Labute approximate surface area is 127 Å². The van der Waals surface area contributed by atoms with Gasteiger partial charge in [-0.15, -0.1) is 0 Å². The largest absolute Gasteiger partial charge is 0.395 e. The number of aryl methyl sites for hydroxylation is 1. The lowest BCUT2D eigenvalue weighted by Gasteiger charge is -2.28. The maximum Gasteiger partial charge on any atom is 0.274 e. The molecule has 1 heterocycles. The number of aromatic amines is 1. The van der Waals surface area contributed by atoms with Crippen LogP contribution < -0.4 is 11.1 Å². The molecular weight excluding hydrogens is 264 g/mol. The lowest BCUT2D eigenvalue weighted by Crippen LogP contribution is -2.38. The molecule has 1 aliphatic rings. The molecule has 5 heteroatoms. The molecule has 1 amide bonds. The highest BCUT2D eigenvalue weighted by Crippen LogP contribution is 2.28. The summed E-state index contributed by atoms with van der Waals surface area (Å²) in [4.78, 5) is 12.3. The number of nitrogens with zero attached hydrogens (tertiary/aromatic N) is 1. The molecular formula is C16H28N4O. The maximum absolute atomic E-state index is 12.3. The predicted molar refractivity (Wildman–Crippen MR) is 85.1 cm³/mol. The monoisotopic (exact) mass is 292 g/mol. The van der Waals surface area contributed by atoms with Gasteiger partial charge in [0, 0.05) is 6.04 Å². The van der Waals surface area contributed by atoms with Crippen molar-refractivity contribution in [2.24, 2.45) is 5.92 Å². The summed E-state index contributed by atoms with van der Waals surface area (Å²) in [5.41, 5.74) is 7.74. The summed E-state index contributed by atoms with van der Waals surface area (Å²) in [5.74, 6) is 0.708. The number of H-pyrrole nitrogens is 1. The number of nitrogen functional groups attached to an aromatic ring is 1. The summed E-state index contributed by atoms with van der Waals surface area (Å²) < 4.78 is 0. The lowest BCUT2D eigenvalue weighted by atomic mass is 9.83. The van der Waals surface area contributed by atoms with E-state index >= 15 is 0 Å². The molecule has 118 valence electrons. The van der Waals surface area contributed by atoms with Gasteiger partial charge in [0.25, 0.3) is 5.91 Å². The van der Waals surface area contributed by atoms with Crippen molar-refractivity contribution in [3.63, 3.8) is 0 Å². The molecule has 0 bridgehead atoms. The first kappa shape index (κ1) is 15.9. The van der Waals surface area contributed by atoms with Gasteiger partial charge in [0.2, 0.25) is 0 Å². The molecule has 0 aliphatic heterocycles. The summed E-state index contributed by atoms with van der Waals surface area (Å²) in [6.07, 6.45) is 8.96. The van der Waals surface area contributed by atoms with E-state index < -0.39 is 0 Å². The topological polar surface area (TPSA) is 83.8 Å². The maximum atomic E-state index is 12.3. The van der Waals surface area contributed by atoms with Crippen LogP contribution in [0.1, 0.15) is 75.0 Å². The minimum absolute atomic E-state index is 0.134. The Morgan fingerprint density at radius 3 is 2.62 bits per heavy atom. The molecule has 4 N–H and O–H groups in total. The van der Waals surface area contributed by atoms with Crippen molar-refractivity contribution in [3.8, 4) is 0 Å². The molecule has 0 radical (unpaired) electrons. The number of hydrogen-bond donors (Lipinski definition) is 3. The van der Waals surface area contributed by atoms with Crippen LogP contribution >= 0.6 is 0 Å². The van der Waals surface area contributed by atoms with Crippen LogP contribution in [0.25, 0.3) is 0 Å².